The molecule has 0 saturated heterocycles. The third-order valence-electron chi connectivity index (χ3n) is 1.22. The molecule has 0 N–H and O–H groups in total. The molecule has 0 radical (unpaired) electrons. The van der Waals surface area contributed by atoms with Crippen LogP contribution >= 0.6 is 0 Å². The van der Waals surface area contributed by atoms with Crippen molar-refractivity contribution in [1.29, 1.82) is 0 Å². The molecule has 0 nitrogen and oxygen atoms in total. The molecule has 0 unspecified atom stereocenters. The van der Waals surface area contributed by atoms with Gasteiger partial charge in [0.1, 0.15) is 0 Å². The van der Waals surface area contributed by atoms with Gasteiger partial charge in [0.05, 0.1) is 0 Å². The van der Waals surface area contributed by atoms with E-state index in [1.54, 1.807) is 0 Å². The van der Waals surface area contributed by atoms with E-state index in [1.807, 2.05) is 0 Å². The van der Waals surface area contributed by atoms with E-state index >= 15 is 0 Å². The van der Waals surface area contributed by atoms with Crippen LogP contribution in [0.1, 0.15) is 18.6 Å². The third kappa shape index (κ3) is 2.31. The minimum Gasteiger partial charge on any atom is -0.0776 e. The molecule has 0 fully saturated rings. The van der Waals surface area contributed by atoms with Crippen molar-refractivity contribution in [2.45, 2.75) is 21.3 Å². The minimum atomic E-state index is 0. The number of aryl methyl sites for hydroxylation is 2. The molecule has 0 spiro atoms. The van der Waals surface area contributed by atoms with E-state index in [9.17, 15) is 0 Å². The van der Waals surface area contributed by atoms with E-state index in [1.165, 1.54) is 11.1 Å². The zero-order chi connectivity index (χ0) is 5.98. The second kappa shape index (κ2) is 3.29. The van der Waals surface area contributed by atoms with Crippen molar-refractivity contribution >= 4 is 0 Å². The van der Waals surface area contributed by atoms with Crippen LogP contribution in [0.5, 0.6) is 0 Å². The Morgan fingerprint density at radius 3 is 1.22 bits per heavy atom. The summed E-state index contributed by atoms with van der Waals surface area (Å²) in [4.78, 5) is 0. The van der Waals surface area contributed by atoms with Crippen LogP contribution < -0.4 is 0 Å². The highest BCUT2D eigenvalue weighted by atomic mass is 13.9. The van der Waals surface area contributed by atoms with Crippen molar-refractivity contribution in [2.75, 3.05) is 0 Å². The summed E-state index contributed by atoms with van der Waals surface area (Å²) in [7, 11) is 0. The number of hydrogen-bond donors (Lipinski definition) is 0. The van der Waals surface area contributed by atoms with Crippen molar-refractivity contribution in [3.63, 3.8) is 0 Å². The summed E-state index contributed by atoms with van der Waals surface area (Å²) in [6.07, 6.45) is 0. The first-order valence-corrected chi connectivity index (χ1v) is 2.82. The van der Waals surface area contributed by atoms with Crippen LogP contribution in [0.25, 0.3) is 0 Å². The summed E-state index contributed by atoms with van der Waals surface area (Å²) >= 11 is 0. The molecular weight excluding hydrogens is 108 g/mol. The van der Waals surface area contributed by atoms with Gasteiger partial charge in [0.15, 0.2) is 0 Å². The summed E-state index contributed by atoms with van der Waals surface area (Å²) in [5.74, 6) is 0. The summed E-state index contributed by atoms with van der Waals surface area (Å²) in [6, 6.07) is 8.48. The lowest BCUT2D eigenvalue weighted by Gasteiger charge is -1.90. The summed E-state index contributed by atoms with van der Waals surface area (Å²) in [5, 5.41) is 0. The molecule has 1 aromatic carbocycles. The molecule has 0 atom stereocenters. The van der Waals surface area contributed by atoms with E-state index in [2.05, 4.69) is 38.1 Å². The predicted octanol–water partition coefficient (Wildman–Crippen LogP) is 2.94. The SMILES string of the molecule is C.Cc1ccc(C)cc1. The Balaban J connectivity index is 0.000000640. The fourth-order valence-electron chi connectivity index (χ4n) is 0.637. The summed E-state index contributed by atoms with van der Waals surface area (Å²) in [6.45, 7) is 4.19. The largest absolute Gasteiger partial charge is 0.0776 e. The summed E-state index contributed by atoms with van der Waals surface area (Å²) < 4.78 is 0. The third-order valence-corrected chi connectivity index (χ3v) is 1.22. The molecule has 1 aromatic rings. The van der Waals surface area contributed by atoms with Crippen LogP contribution in [-0.4, -0.2) is 0 Å². The second-order valence-corrected chi connectivity index (χ2v) is 2.15. The van der Waals surface area contributed by atoms with Crippen molar-refractivity contribution in [3.05, 3.63) is 35.4 Å². The molecule has 1 rings (SSSR count). The Bertz CT molecular complexity index is 139. The quantitative estimate of drug-likeness (QED) is 0.496. The molecule has 0 heteroatoms. The van der Waals surface area contributed by atoms with Gasteiger partial charge in [0.2, 0.25) is 0 Å². The van der Waals surface area contributed by atoms with Gasteiger partial charge >= 0.3 is 0 Å². The minimum absolute atomic E-state index is 0. The van der Waals surface area contributed by atoms with Gasteiger partial charge in [-0.25, -0.2) is 0 Å². The average molecular weight is 122 g/mol. The molecule has 0 amide bonds. The summed E-state index contributed by atoms with van der Waals surface area (Å²) in [5.41, 5.74) is 2.66. The van der Waals surface area contributed by atoms with E-state index in [0.717, 1.165) is 0 Å². The van der Waals surface area contributed by atoms with Gasteiger partial charge in [-0.1, -0.05) is 42.8 Å². The number of rotatable bonds is 0. The van der Waals surface area contributed by atoms with Crippen molar-refractivity contribution in [2.24, 2.45) is 0 Å². The maximum atomic E-state index is 2.12. The Labute approximate surface area is 57.5 Å². The molecule has 50 valence electrons. The standard InChI is InChI=1S/C8H10.CH4/c1-7-3-5-8(2)6-4-7;/h3-6H,1-2H3;1H4. The number of hydrogen-bond acceptors (Lipinski definition) is 0. The molecule has 0 bridgehead atoms. The second-order valence-electron chi connectivity index (χ2n) is 2.15. The number of benzene rings is 1. The van der Waals surface area contributed by atoms with Crippen LogP contribution in [0.4, 0.5) is 0 Å². The van der Waals surface area contributed by atoms with Crippen LogP contribution in [-0.2, 0) is 0 Å². The smallest absolute Gasteiger partial charge is 0.0398 e. The molecule has 0 aromatic heterocycles. The first kappa shape index (κ1) is 8.22. The van der Waals surface area contributed by atoms with Gasteiger partial charge in [-0.05, 0) is 13.8 Å². The van der Waals surface area contributed by atoms with E-state index < -0.39 is 0 Å². The topological polar surface area (TPSA) is 0 Å². The Hall–Kier alpha value is -0.780. The van der Waals surface area contributed by atoms with Crippen molar-refractivity contribution < 1.29 is 0 Å². The van der Waals surface area contributed by atoms with Crippen molar-refractivity contribution in [1.82, 2.24) is 0 Å². The molecule has 0 aliphatic rings. The molecule has 0 aliphatic heterocycles. The maximum absolute atomic E-state index is 2.12. The lowest BCUT2D eigenvalue weighted by molar-refractivity contribution is 1.40. The van der Waals surface area contributed by atoms with Gasteiger partial charge in [-0.2, -0.15) is 0 Å². The van der Waals surface area contributed by atoms with Gasteiger partial charge in [0, 0.05) is 0 Å². The van der Waals surface area contributed by atoms with Crippen molar-refractivity contribution in [3.8, 4) is 0 Å². The molecular formula is C9H14. The zero-order valence-corrected chi connectivity index (χ0v) is 5.31. The van der Waals surface area contributed by atoms with Gasteiger partial charge in [0.25, 0.3) is 0 Å². The molecule has 0 heterocycles. The van der Waals surface area contributed by atoms with E-state index in [4.69, 9.17) is 0 Å². The van der Waals surface area contributed by atoms with E-state index in [0.29, 0.717) is 0 Å². The van der Waals surface area contributed by atoms with Crippen LogP contribution in [0, 0.1) is 13.8 Å². The fraction of sp³-hybridized carbons (Fsp3) is 0.333. The van der Waals surface area contributed by atoms with E-state index in [-0.39, 0.29) is 7.43 Å². The Morgan fingerprint density at radius 2 is 1.00 bits per heavy atom. The first-order valence-electron chi connectivity index (χ1n) is 2.82. The van der Waals surface area contributed by atoms with Crippen LogP contribution in [0.3, 0.4) is 0 Å². The highest BCUT2D eigenvalue weighted by Gasteiger charge is 1.79. The molecule has 0 saturated carbocycles. The Kier molecular flexibility index (Phi) is 3.00. The van der Waals surface area contributed by atoms with Gasteiger partial charge in [-0.3, -0.25) is 0 Å². The Morgan fingerprint density at radius 1 is 0.778 bits per heavy atom. The maximum Gasteiger partial charge on any atom is -0.0398 e. The molecule has 0 aliphatic carbocycles. The monoisotopic (exact) mass is 122 g/mol. The highest BCUT2D eigenvalue weighted by molar-refractivity contribution is 5.19. The lowest BCUT2D eigenvalue weighted by atomic mass is 10.2. The zero-order valence-electron chi connectivity index (χ0n) is 5.31. The van der Waals surface area contributed by atoms with Crippen LogP contribution in [0.15, 0.2) is 24.3 Å². The lowest BCUT2D eigenvalue weighted by Crippen LogP contribution is -1.70. The first-order chi connectivity index (χ1) is 3.79. The van der Waals surface area contributed by atoms with Gasteiger partial charge in [-0.15, -0.1) is 0 Å². The highest BCUT2D eigenvalue weighted by Crippen LogP contribution is 1.99. The van der Waals surface area contributed by atoms with Crippen LogP contribution in [0.2, 0.25) is 0 Å². The normalized spacial score (nSPS) is 8.22. The molecule has 9 heavy (non-hydrogen) atoms. The predicted molar refractivity (Wildman–Crippen MR) is 42.6 cm³/mol. The fourth-order valence-corrected chi connectivity index (χ4v) is 0.637. The average Bonchev–Trinajstić information content (AvgIpc) is 1.77. The van der Waals surface area contributed by atoms with Gasteiger partial charge < -0.3 is 0 Å².